The number of phenolic OH excluding ortho intramolecular Hbond substituents is 1. The van der Waals surface area contributed by atoms with Crippen molar-refractivity contribution in [3.63, 3.8) is 0 Å². The summed E-state index contributed by atoms with van der Waals surface area (Å²) in [4.78, 5) is 19.7. The van der Waals surface area contributed by atoms with Crippen molar-refractivity contribution in [1.82, 2.24) is 20.7 Å². The van der Waals surface area contributed by atoms with E-state index in [4.69, 9.17) is 11.6 Å². The highest BCUT2D eigenvalue weighted by Crippen LogP contribution is 2.49. The molecule has 4 unspecified atom stereocenters. The molecule has 3 N–H and O–H groups in total. The second-order valence-corrected chi connectivity index (χ2v) is 9.10. The molecule has 164 valence electrons. The number of amides is 1. The molecule has 2 aliphatic rings. The van der Waals surface area contributed by atoms with Gasteiger partial charge in [0.2, 0.25) is 5.91 Å². The minimum atomic E-state index is -0.405. The van der Waals surface area contributed by atoms with Gasteiger partial charge in [0, 0.05) is 35.4 Å². The number of aromatic hydroxyl groups is 1. The fourth-order valence-electron chi connectivity index (χ4n) is 5.12. The number of likely N-dealkylation sites (tertiary alicyclic amines) is 1. The summed E-state index contributed by atoms with van der Waals surface area (Å²) >= 11 is 6.16. The molecule has 0 spiro atoms. The fourth-order valence-corrected chi connectivity index (χ4v) is 5.25. The summed E-state index contributed by atoms with van der Waals surface area (Å²) in [5.41, 5.74) is 11.2. The average molecular weight is 449 g/mol. The summed E-state index contributed by atoms with van der Waals surface area (Å²) in [5, 5.41) is 11.5. The SMILES string of the molecule is Cc1cc(C)c(O)c(C2NNC3C(=O)N(Cc4cccnc4)C(c4ccc(Cl)cc4)C32)c1. The van der Waals surface area contributed by atoms with Crippen molar-refractivity contribution < 1.29 is 9.90 Å². The van der Waals surface area contributed by atoms with Gasteiger partial charge in [0.05, 0.1) is 12.1 Å². The summed E-state index contributed by atoms with van der Waals surface area (Å²) < 4.78 is 0. The van der Waals surface area contributed by atoms with Crippen LogP contribution in [-0.2, 0) is 11.3 Å². The maximum Gasteiger partial charge on any atom is 0.242 e. The molecule has 0 bridgehead atoms. The van der Waals surface area contributed by atoms with Crippen LogP contribution in [0.2, 0.25) is 5.02 Å². The van der Waals surface area contributed by atoms with Crippen molar-refractivity contribution >= 4 is 17.5 Å². The van der Waals surface area contributed by atoms with E-state index in [2.05, 4.69) is 15.8 Å². The molecule has 2 aromatic carbocycles. The Morgan fingerprint density at radius 1 is 1.09 bits per heavy atom. The van der Waals surface area contributed by atoms with Crippen molar-refractivity contribution in [3.05, 3.63) is 93.8 Å². The van der Waals surface area contributed by atoms with Gasteiger partial charge in [-0.3, -0.25) is 9.78 Å². The summed E-state index contributed by atoms with van der Waals surface area (Å²) in [5.74, 6) is 0.175. The Labute approximate surface area is 192 Å². The topological polar surface area (TPSA) is 77.5 Å². The highest BCUT2D eigenvalue weighted by Gasteiger charge is 2.55. The first-order valence-corrected chi connectivity index (χ1v) is 11.1. The van der Waals surface area contributed by atoms with E-state index < -0.39 is 6.04 Å². The minimum Gasteiger partial charge on any atom is -0.507 e. The van der Waals surface area contributed by atoms with Crippen LogP contribution in [0.1, 0.15) is 39.9 Å². The molecule has 2 fully saturated rings. The number of aromatic nitrogens is 1. The number of nitrogens with zero attached hydrogens (tertiary/aromatic N) is 2. The third-order valence-electron chi connectivity index (χ3n) is 6.51. The lowest BCUT2D eigenvalue weighted by molar-refractivity contribution is -0.131. The first-order chi connectivity index (χ1) is 15.4. The zero-order chi connectivity index (χ0) is 22.4. The maximum atomic E-state index is 13.6. The number of hydrazine groups is 1. The number of nitrogens with one attached hydrogen (secondary N) is 2. The quantitative estimate of drug-likeness (QED) is 0.563. The Morgan fingerprint density at radius 2 is 1.84 bits per heavy atom. The number of carbonyl (C=O) groups excluding carboxylic acids is 1. The molecular formula is C25H25ClN4O2. The van der Waals surface area contributed by atoms with E-state index in [1.165, 1.54) is 0 Å². The van der Waals surface area contributed by atoms with Crippen LogP contribution in [0, 0.1) is 19.8 Å². The van der Waals surface area contributed by atoms with Gasteiger partial charge in [0.25, 0.3) is 0 Å². The Morgan fingerprint density at radius 3 is 2.56 bits per heavy atom. The van der Waals surface area contributed by atoms with Gasteiger partial charge in [-0.1, -0.05) is 47.5 Å². The number of pyridine rings is 1. The van der Waals surface area contributed by atoms with Crippen molar-refractivity contribution in [2.45, 2.75) is 38.5 Å². The molecule has 4 atom stereocenters. The molecule has 0 saturated carbocycles. The van der Waals surface area contributed by atoms with E-state index in [1.54, 1.807) is 12.4 Å². The number of carbonyl (C=O) groups is 1. The van der Waals surface area contributed by atoms with Crippen LogP contribution in [-0.4, -0.2) is 26.9 Å². The first kappa shape index (κ1) is 20.9. The molecular weight excluding hydrogens is 424 g/mol. The summed E-state index contributed by atoms with van der Waals surface area (Å²) in [6.07, 6.45) is 3.52. The van der Waals surface area contributed by atoms with Gasteiger partial charge < -0.3 is 10.0 Å². The van der Waals surface area contributed by atoms with Crippen LogP contribution >= 0.6 is 11.6 Å². The average Bonchev–Trinajstić information content (AvgIpc) is 3.32. The monoisotopic (exact) mass is 448 g/mol. The van der Waals surface area contributed by atoms with Gasteiger partial charge in [0.15, 0.2) is 0 Å². The summed E-state index contributed by atoms with van der Waals surface area (Å²) in [6, 6.07) is 14.7. The van der Waals surface area contributed by atoms with E-state index in [0.29, 0.717) is 11.6 Å². The van der Waals surface area contributed by atoms with Crippen LogP contribution in [0.4, 0.5) is 0 Å². The Balaban J connectivity index is 1.60. The van der Waals surface area contributed by atoms with Crippen LogP contribution < -0.4 is 10.9 Å². The second-order valence-electron chi connectivity index (χ2n) is 8.66. The van der Waals surface area contributed by atoms with E-state index in [0.717, 1.165) is 27.8 Å². The number of aryl methyl sites for hydroxylation is 2. The maximum absolute atomic E-state index is 13.6. The van der Waals surface area contributed by atoms with E-state index in [-0.39, 0.29) is 29.7 Å². The van der Waals surface area contributed by atoms with Gasteiger partial charge >= 0.3 is 0 Å². The Bertz CT molecular complexity index is 1150. The number of benzene rings is 2. The van der Waals surface area contributed by atoms with Crippen LogP contribution in [0.15, 0.2) is 60.9 Å². The number of fused-ring (bicyclic) bond motifs is 1. The first-order valence-electron chi connectivity index (χ1n) is 10.7. The van der Waals surface area contributed by atoms with Gasteiger partial charge in [-0.05, 0) is 48.7 Å². The summed E-state index contributed by atoms with van der Waals surface area (Å²) in [7, 11) is 0. The van der Waals surface area contributed by atoms with Crippen molar-refractivity contribution in [3.8, 4) is 5.75 Å². The number of rotatable bonds is 4. The predicted molar refractivity (Wildman–Crippen MR) is 123 cm³/mol. The molecule has 1 amide bonds. The predicted octanol–water partition coefficient (Wildman–Crippen LogP) is 3.97. The molecule has 0 aliphatic carbocycles. The Kier molecular flexibility index (Phi) is 5.37. The minimum absolute atomic E-state index is 0.0256. The lowest BCUT2D eigenvalue weighted by Gasteiger charge is -2.32. The van der Waals surface area contributed by atoms with Crippen molar-refractivity contribution in [1.29, 1.82) is 0 Å². The number of hydrogen-bond acceptors (Lipinski definition) is 5. The summed E-state index contributed by atoms with van der Waals surface area (Å²) in [6.45, 7) is 4.37. The molecule has 6 nitrogen and oxygen atoms in total. The highest BCUT2D eigenvalue weighted by atomic mass is 35.5. The van der Waals surface area contributed by atoms with Crippen molar-refractivity contribution in [2.75, 3.05) is 0 Å². The zero-order valence-electron chi connectivity index (χ0n) is 17.9. The molecule has 2 aliphatic heterocycles. The molecule has 2 saturated heterocycles. The second kappa shape index (κ2) is 8.20. The standard InChI is InChI=1S/C25H25ClN4O2/c1-14-10-15(2)24(31)19(11-14)21-20-22(29-28-21)25(32)30(13-16-4-3-9-27-12-16)23(20)17-5-7-18(26)8-6-17/h3-12,20-23,28-29,31H,13H2,1-2H3. The van der Waals surface area contributed by atoms with Gasteiger partial charge in [-0.25, -0.2) is 10.9 Å². The van der Waals surface area contributed by atoms with Crippen molar-refractivity contribution in [2.24, 2.45) is 5.92 Å². The zero-order valence-corrected chi connectivity index (χ0v) is 18.7. The van der Waals surface area contributed by atoms with E-state index in [9.17, 15) is 9.90 Å². The number of hydrogen-bond donors (Lipinski definition) is 3. The van der Waals surface area contributed by atoms with Crippen LogP contribution in [0.3, 0.4) is 0 Å². The van der Waals surface area contributed by atoms with E-state index in [1.807, 2.05) is 67.3 Å². The number of halogens is 1. The molecule has 1 aromatic heterocycles. The highest BCUT2D eigenvalue weighted by molar-refractivity contribution is 6.30. The molecule has 32 heavy (non-hydrogen) atoms. The molecule has 5 rings (SSSR count). The third-order valence-corrected chi connectivity index (χ3v) is 6.76. The van der Waals surface area contributed by atoms with E-state index >= 15 is 0 Å². The molecule has 3 heterocycles. The molecule has 3 aromatic rings. The lowest BCUT2D eigenvalue weighted by atomic mass is 9.82. The fraction of sp³-hybridized carbons (Fsp3) is 0.280. The normalized spacial score (nSPS) is 24.7. The van der Waals surface area contributed by atoms with Crippen LogP contribution in [0.25, 0.3) is 0 Å². The van der Waals surface area contributed by atoms with Gasteiger partial charge in [-0.15, -0.1) is 0 Å². The van der Waals surface area contributed by atoms with Crippen LogP contribution in [0.5, 0.6) is 5.75 Å². The third kappa shape index (κ3) is 3.54. The smallest absolute Gasteiger partial charge is 0.242 e. The van der Waals surface area contributed by atoms with Gasteiger partial charge in [0.1, 0.15) is 11.8 Å². The molecule has 0 radical (unpaired) electrons. The molecule has 7 heteroatoms. The largest absolute Gasteiger partial charge is 0.507 e. The Hall–Kier alpha value is -2.93. The lowest BCUT2D eigenvalue weighted by Crippen LogP contribution is -2.41. The number of phenols is 1. The van der Waals surface area contributed by atoms with Gasteiger partial charge in [-0.2, -0.15) is 0 Å².